The van der Waals surface area contributed by atoms with Crippen molar-refractivity contribution in [1.82, 2.24) is 0 Å². The summed E-state index contributed by atoms with van der Waals surface area (Å²) in [6, 6.07) is 0. The van der Waals surface area contributed by atoms with Crippen LogP contribution in [-0.2, 0) is 60.3 Å². The van der Waals surface area contributed by atoms with Crippen molar-refractivity contribution in [2.75, 3.05) is 0 Å². The molecule has 0 aliphatic rings. The van der Waals surface area contributed by atoms with E-state index in [1.807, 2.05) is 0 Å². The van der Waals surface area contributed by atoms with Crippen LogP contribution in [0.2, 0.25) is 0 Å². The third-order valence-electron chi connectivity index (χ3n) is 0. The molecule has 0 N–H and O–H groups in total. The van der Waals surface area contributed by atoms with Crippen molar-refractivity contribution < 1.29 is 89.7 Å². The largest absolute Gasteiger partial charge is 2.00 e. The molecule has 0 unspecified atom stereocenters. The van der Waals surface area contributed by atoms with Gasteiger partial charge in [-0.05, 0) is 0 Å². The van der Waals surface area contributed by atoms with E-state index in [9.17, 15) is 0 Å². The smallest absolute Gasteiger partial charge is 2.00 e. The van der Waals surface area contributed by atoms with Gasteiger partial charge >= 0.3 is 108 Å². The molecule has 0 amide bonds. The van der Waals surface area contributed by atoms with Crippen molar-refractivity contribution in [3.8, 4) is 0 Å². The average molecular weight is 379 g/mol. The van der Waals surface area contributed by atoms with Crippen LogP contribution < -0.4 is 29.4 Å². The predicted octanol–water partition coefficient (Wildman–Crippen LogP) is -7.60. The van der Waals surface area contributed by atoms with Gasteiger partial charge in [-0.15, -0.1) is 0 Å². The van der Waals surface area contributed by atoms with E-state index in [4.69, 9.17) is 38.5 Å². The van der Waals surface area contributed by atoms with Crippen LogP contribution in [0.15, 0.2) is 0 Å². The maximum atomic E-state index is 8.55. The van der Waals surface area contributed by atoms with Gasteiger partial charge in [0.05, 0.1) is 0 Å². The first-order valence-corrected chi connectivity index (χ1v) is 4.38. The number of phosphoric acid groups is 2. The van der Waals surface area contributed by atoms with E-state index in [1.165, 1.54) is 0 Å². The van der Waals surface area contributed by atoms with Crippen molar-refractivity contribution in [2.24, 2.45) is 0 Å². The molecule has 3 radical (unpaired) electrons. The quantitative estimate of drug-likeness (QED) is 0.295. The minimum atomic E-state index is -5.39. The SMILES string of the molecule is O=P([O-])([O-])[O-].O=P([O-])([O-])[O-].[LiH].[LiH].[LiH].[Mn+2].[Mn+2].[Mn+2]. The molecule has 0 aliphatic heterocycles. The van der Waals surface area contributed by atoms with Gasteiger partial charge in [-0.25, -0.2) is 0 Å². The number of hydrogen-bond acceptors (Lipinski definition) is 8. The van der Waals surface area contributed by atoms with Crippen LogP contribution in [0.4, 0.5) is 0 Å². The molecule has 0 fully saturated rings. The second-order valence-electron chi connectivity index (χ2n) is 0.894. The summed E-state index contributed by atoms with van der Waals surface area (Å²) in [5.41, 5.74) is 0. The van der Waals surface area contributed by atoms with Crippen molar-refractivity contribution in [3.63, 3.8) is 0 Å². The van der Waals surface area contributed by atoms with Gasteiger partial charge in [-0.3, -0.25) is 0 Å². The molecule has 0 aromatic carbocycles. The normalized spacial score (nSPS) is 7.38. The monoisotopic (exact) mass is 379 g/mol. The van der Waals surface area contributed by atoms with Crippen molar-refractivity contribution in [3.05, 3.63) is 0 Å². The Morgan fingerprint density at radius 1 is 0.500 bits per heavy atom. The summed E-state index contributed by atoms with van der Waals surface area (Å²) < 4.78 is 17.1. The summed E-state index contributed by atoms with van der Waals surface area (Å²) in [5, 5.41) is 0. The molecule has 0 aromatic heterocycles. The van der Waals surface area contributed by atoms with Crippen LogP contribution >= 0.6 is 15.6 Å². The van der Waals surface area contributed by atoms with Gasteiger partial charge in [-0.2, -0.15) is 15.6 Å². The summed E-state index contributed by atoms with van der Waals surface area (Å²) in [7, 11) is -10.8. The van der Waals surface area contributed by atoms with E-state index in [1.54, 1.807) is 0 Å². The third kappa shape index (κ3) is 378. The summed E-state index contributed by atoms with van der Waals surface area (Å²) >= 11 is 0. The molecule has 0 rings (SSSR count). The molecule has 0 saturated heterocycles. The van der Waals surface area contributed by atoms with Crippen LogP contribution in [-0.4, -0.2) is 56.6 Å². The molecular formula is H3Li3Mn3O8P2. The molecule has 0 saturated carbocycles. The second-order valence-corrected chi connectivity index (χ2v) is 2.68. The molecular weight excluding hydrogens is 376 g/mol. The van der Waals surface area contributed by atoms with Gasteiger partial charge < -0.3 is 38.5 Å². The van der Waals surface area contributed by atoms with Crippen molar-refractivity contribution >= 4 is 72.2 Å². The van der Waals surface area contributed by atoms with Gasteiger partial charge in [0.1, 0.15) is 0 Å². The molecule has 0 bridgehead atoms. The fourth-order valence-corrected chi connectivity index (χ4v) is 0. The Labute approximate surface area is 160 Å². The fraction of sp³-hybridized carbons (Fsp3) is 0. The Hall–Kier alpha value is 3.57. The minimum absolute atomic E-state index is 0. The second kappa shape index (κ2) is 23.6. The van der Waals surface area contributed by atoms with Crippen LogP contribution in [0.25, 0.3) is 0 Å². The first kappa shape index (κ1) is 50.4. The van der Waals surface area contributed by atoms with Gasteiger partial charge in [0, 0.05) is 0 Å². The topological polar surface area (TPSA) is 172 Å². The maximum Gasteiger partial charge on any atom is 2.00 e. The third-order valence-corrected chi connectivity index (χ3v) is 0. The predicted molar refractivity (Wildman–Crippen MR) is 36.7 cm³/mol. The minimum Gasteiger partial charge on any atom is 2.00 e. The summed E-state index contributed by atoms with van der Waals surface area (Å²) in [4.78, 5) is 51.3. The zero-order valence-electron chi connectivity index (χ0n) is 5.29. The summed E-state index contributed by atoms with van der Waals surface area (Å²) in [6.45, 7) is 0. The molecule has 0 aliphatic carbocycles. The standard InChI is InChI=1S/3Li.3Mn.2H3O4P.3H/c;;;;;;2*1-5(2,3)4;;;/h;;;;;;2*(H3,1,2,3,4);;;/q;;;3*+2;;;;;/p-6. The molecule has 0 heterocycles. The van der Waals surface area contributed by atoms with Crippen LogP contribution in [0.1, 0.15) is 0 Å². The van der Waals surface area contributed by atoms with E-state index in [2.05, 4.69) is 0 Å². The van der Waals surface area contributed by atoms with E-state index in [-0.39, 0.29) is 108 Å². The Balaban J connectivity index is -0.00000000970. The van der Waals surface area contributed by atoms with E-state index < -0.39 is 15.6 Å². The van der Waals surface area contributed by atoms with Crippen molar-refractivity contribution in [2.45, 2.75) is 0 Å². The number of rotatable bonds is 0. The van der Waals surface area contributed by atoms with E-state index in [0.717, 1.165) is 0 Å². The van der Waals surface area contributed by atoms with Crippen molar-refractivity contribution in [1.29, 1.82) is 0 Å². The Bertz CT molecular complexity index is 141. The molecule has 8 nitrogen and oxygen atoms in total. The molecule has 16 heavy (non-hydrogen) atoms. The average Bonchev–Trinajstić information content (AvgIpc) is 1.12. The molecule has 0 atom stereocenters. The first-order chi connectivity index (χ1) is 4.00. The van der Waals surface area contributed by atoms with Crippen LogP contribution in [0, 0.1) is 0 Å². The van der Waals surface area contributed by atoms with E-state index >= 15 is 0 Å². The van der Waals surface area contributed by atoms with Crippen LogP contribution in [0.5, 0.6) is 0 Å². The van der Waals surface area contributed by atoms with Gasteiger partial charge in [0.25, 0.3) is 0 Å². The van der Waals surface area contributed by atoms with Gasteiger partial charge in [0.2, 0.25) is 0 Å². The Kier molecular flexibility index (Phi) is 74.5. The zero-order chi connectivity index (χ0) is 9.00. The first-order valence-electron chi connectivity index (χ1n) is 1.46. The Morgan fingerprint density at radius 3 is 0.500 bits per heavy atom. The molecule has 0 aromatic rings. The molecule has 85 valence electrons. The van der Waals surface area contributed by atoms with Crippen LogP contribution in [0.3, 0.4) is 0 Å². The van der Waals surface area contributed by atoms with Gasteiger partial charge in [-0.1, -0.05) is 0 Å². The summed E-state index contributed by atoms with van der Waals surface area (Å²) in [5.74, 6) is 0. The number of hydrogen-bond donors (Lipinski definition) is 0. The fourth-order valence-electron chi connectivity index (χ4n) is 0. The van der Waals surface area contributed by atoms with E-state index in [0.29, 0.717) is 0 Å². The zero-order valence-corrected chi connectivity index (χ0v) is 10.6. The maximum absolute atomic E-state index is 8.55. The Morgan fingerprint density at radius 2 is 0.500 bits per heavy atom. The molecule has 16 heteroatoms. The van der Waals surface area contributed by atoms with Gasteiger partial charge in [0.15, 0.2) is 0 Å². The summed E-state index contributed by atoms with van der Waals surface area (Å²) in [6.07, 6.45) is 0. The molecule has 0 spiro atoms.